The molecule has 100 valence electrons. The van der Waals surface area contributed by atoms with Gasteiger partial charge in [0.1, 0.15) is 0 Å². The lowest BCUT2D eigenvalue weighted by Crippen LogP contribution is -2.11. The number of carbonyl (C=O) groups excluding carboxylic acids is 1. The van der Waals surface area contributed by atoms with Crippen LogP contribution in [0.1, 0.15) is 15.9 Å². The maximum atomic E-state index is 12.2. The van der Waals surface area contributed by atoms with Crippen molar-refractivity contribution >= 4 is 48.5 Å². The molecule has 3 rings (SSSR count). The molecule has 1 amide bonds. The second-order valence-electron chi connectivity index (χ2n) is 4.41. The lowest BCUT2D eigenvalue weighted by Gasteiger charge is -2.01. The summed E-state index contributed by atoms with van der Waals surface area (Å²) in [6.07, 6.45) is 0. The molecule has 0 aliphatic heterocycles. The van der Waals surface area contributed by atoms with Crippen molar-refractivity contribution in [3.63, 3.8) is 0 Å². The minimum atomic E-state index is -0.150. The molecule has 1 heterocycles. The fraction of sp³-hybridized carbons (Fsp3) is 0.0667. The Hall–Kier alpha value is -1.72. The van der Waals surface area contributed by atoms with Crippen molar-refractivity contribution in [2.75, 3.05) is 5.32 Å². The van der Waals surface area contributed by atoms with Gasteiger partial charge in [0.15, 0.2) is 5.13 Å². The molecule has 1 aromatic heterocycles. The van der Waals surface area contributed by atoms with Crippen LogP contribution < -0.4 is 5.32 Å². The minimum absolute atomic E-state index is 0.150. The van der Waals surface area contributed by atoms with E-state index < -0.39 is 0 Å². The van der Waals surface area contributed by atoms with Crippen LogP contribution in [-0.4, -0.2) is 10.9 Å². The predicted molar refractivity (Wildman–Crippen MR) is 86.5 cm³/mol. The molecular formula is C15H11BrN2OS. The van der Waals surface area contributed by atoms with Crippen molar-refractivity contribution in [3.05, 3.63) is 58.1 Å². The molecule has 0 unspecified atom stereocenters. The summed E-state index contributed by atoms with van der Waals surface area (Å²) < 4.78 is 1.96. The van der Waals surface area contributed by atoms with Gasteiger partial charge in [-0.3, -0.25) is 10.1 Å². The normalized spacial score (nSPS) is 10.7. The number of anilines is 1. The molecule has 0 fully saturated rings. The van der Waals surface area contributed by atoms with Crippen LogP contribution in [0.5, 0.6) is 0 Å². The van der Waals surface area contributed by atoms with E-state index in [4.69, 9.17) is 0 Å². The molecule has 3 aromatic rings. The summed E-state index contributed by atoms with van der Waals surface area (Å²) in [5, 5.41) is 3.47. The van der Waals surface area contributed by atoms with E-state index in [2.05, 4.69) is 26.2 Å². The first-order valence-corrected chi connectivity index (χ1v) is 7.67. The number of nitrogens with zero attached hydrogens (tertiary/aromatic N) is 1. The van der Waals surface area contributed by atoms with Gasteiger partial charge in [-0.2, -0.15) is 0 Å². The highest BCUT2D eigenvalue weighted by Gasteiger charge is 2.10. The topological polar surface area (TPSA) is 42.0 Å². The molecule has 0 atom stereocenters. The van der Waals surface area contributed by atoms with Crippen LogP contribution in [0, 0.1) is 6.92 Å². The number of halogens is 1. The molecule has 0 spiro atoms. The van der Waals surface area contributed by atoms with Crippen LogP contribution in [0.15, 0.2) is 46.9 Å². The summed E-state index contributed by atoms with van der Waals surface area (Å²) in [7, 11) is 0. The van der Waals surface area contributed by atoms with Gasteiger partial charge in [-0.1, -0.05) is 45.5 Å². The third-order valence-electron chi connectivity index (χ3n) is 2.93. The van der Waals surface area contributed by atoms with Gasteiger partial charge in [0.25, 0.3) is 5.91 Å². The molecule has 5 heteroatoms. The van der Waals surface area contributed by atoms with Gasteiger partial charge in [0.05, 0.1) is 10.2 Å². The number of fused-ring (bicyclic) bond motifs is 1. The summed E-state index contributed by atoms with van der Waals surface area (Å²) >= 11 is 4.84. The van der Waals surface area contributed by atoms with Crippen LogP contribution >= 0.6 is 27.3 Å². The van der Waals surface area contributed by atoms with Gasteiger partial charge < -0.3 is 0 Å². The summed E-state index contributed by atoms with van der Waals surface area (Å²) in [5.41, 5.74) is 2.67. The van der Waals surface area contributed by atoms with Gasteiger partial charge in [-0.05, 0) is 36.8 Å². The lowest BCUT2D eigenvalue weighted by atomic mass is 10.2. The Kier molecular flexibility index (Phi) is 3.54. The number of hydrogen-bond acceptors (Lipinski definition) is 3. The number of para-hydroxylation sites is 1. The molecule has 0 saturated heterocycles. The van der Waals surface area contributed by atoms with Gasteiger partial charge in [-0.15, -0.1) is 0 Å². The van der Waals surface area contributed by atoms with E-state index in [1.165, 1.54) is 11.3 Å². The van der Waals surface area contributed by atoms with Crippen molar-refractivity contribution in [1.82, 2.24) is 4.98 Å². The Labute approximate surface area is 128 Å². The first-order valence-electron chi connectivity index (χ1n) is 6.06. The van der Waals surface area contributed by atoms with E-state index in [1.807, 2.05) is 37.3 Å². The van der Waals surface area contributed by atoms with E-state index in [0.717, 1.165) is 20.3 Å². The number of aryl methyl sites for hydroxylation is 1. The highest BCUT2D eigenvalue weighted by atomic mass is 79.9. The number of hydrogen-bond donors (Lipinski definition) is 1. The fourth-order valence-electron chi connectivity index (χ4n) is 1.94. The Balaban J connectivity index is 1.89. The third kappa shape index (κ3) is 2.59. The van der Waals surface area contributed by atoms with Crippen molar-refractivity contribution < 1.29 is 4.79 Å². The number of thiazole rings is 1. The molecule has 20 heavy (non-hydrogen) atoms. The van der Waals surface area contributed by atoms with Gasteiger partial charge in [0.2, 0.25) is 0 Å². The SMILES string of the molecule is Cc1cccc2sc(NC(=O)c3cccc(Br)c3)nc12. The maximum absolute atomic E-state index is 12.2. The standard InChI is InChI=1S/C15H11BrN2OS/c1-9-4-2-7-12-13(9)17-15(20-12)18-14(19)10-5-3-6-11(16)8-10/h2-8H,1H3,(H,17,18,19). The Morgan fingerprint density at radius 3 is 2.80 bits per heavy atom. The van der Waals surface area contributed by atoms with Gasteiger partial charge >= 0.3 is 0 Å². The lowest BCUT2D eigenvalue weighted by molar-refractivity contribution is 0.102. The quantitative estimate of drug-likeness (QED) is 0.735. The second-order valence-corrected chi connectivity index (χ2v) is 6.35. The van der Waals surface area contributed by atoms with Crippen molar-refractivity contribution in [1.29, 1.82) is 0 Å². The Bertz CT molecular complexity index is 797. The molecule has 3 nitrogen and oxygen atoms in total. The second kappa shape index (κ2) is 5.34. The number of carbonyl (C=O) groups is 1. The largest absolute Gasteiger partial charge is 0.298 e. The van der Waals surface area contributed by atoms with Crippen LogP contribution in [0.2, 0.25) is 0 Å². The molecule has 1 N–H and O–H groups in total. The molecule has 0 radical (unpaired) electrons. The van der Waals surface area contributed by atoms with E-state index in [1.54, 1.807) is 12.1 Å². The fourth-order valence-corrected chi connectivity index (χ4v) is 3.28. The van der Waals surface area contributed by atoms with E-state index >= 15 is 0 Å². The maximum Gasteiger partial charge on any atom is 0.257 e. The van der Waals surface area contributed by atoms with Crippen LogP contribution in [0.4, 0.5) is 5.13 Å². The highest BCUT2D eigenvalue weighted by molar-refractivity contribution is 9.10. The van der Waals surface area contributed by atoms with Gasteiger partial charge in [-0.25, -0.2) is 4.98 Å². The summed E-state index contributed by atoms with van der Waals surface area (Å²) in [6.45, 7) is 2.02. The Morgan fingerprint density at radius 1 is 1.25 bits per heavy atom. The molecule has 2 aromatic carbocycles. The molecule has 0 aliphatic rings. The van der Waals surface area contributed by atoms with Crippen LogP contribution in [0.3, 0.4) is 0 Å². The zero-order chi connectivity index (χ0) is 14.1. The third-order valence-corrected chi connectivity index (χ3v) is 4.36. The molecule has 0 aliphatic carbocycles. The number of amides is 1. The van der Waals surface area contributed by atoms with Crippen molar-refractivity contribution in [2.45, 2.75) is 6.92 Å². The van der Waals surface area contributed by atoms with E-state index in [-0.39, 0.29) is 5.91 Å². The predicted octanol–water partition coefficient (Wildman–Crippen LogP) is 4.62. The number of aromatic nitrogens is 1. The highest BCUT2D eigenvalue weighted by Crippen LogP contribution is 2.28. The average molecular weight is 347 g/mol. The zero-order valence-corrected chi connectivity index (χ0v) is 13.1. The Morgan fingerprint density at radius 2 is 2.05 bits per heavy atom. The number of rotatable bonds is 2. The van der Waals surface area contributed by atoms with Gasteiger partial charge in [0, 0.05) is 10.0 Å². The van der Waals surface area contributed by atoms with E-state index in [9.17, 15) is 4.79 Å². The van der Waals surface area contributed by atoms with Crippen molar-refractivity contribution in [3.8, 4) is 0 Å². The average Bonchev–Trinajstić information content (AvgIpc) is 2.83. The zero-order valence-electron chi connectivity index (χ0n) is 10.7. The number of benzene rings is 2. The van der Waals surface area contributed by atoms with Crippen LogP contribution in [-0.2, 0) is 0 Å². The summed E-state index contributed by atoms with van der Waals surface area (Å²) in [6, 6.07) is 13.3. The van der Waals surface area contributed by atoms with Crippen LogP contribution in [0.25, 0.3) is 10.2 Å². The minimum Gasteiger partial charge on any atom is -0.298 e. The van der Waals surface area contributed by atoms with Crippen molar-refractivity contribution in [2.24, 2.45) is 0 Å². The molecule has 0 bridgehead atoms. The molecule has 0 saturated carbocycles. The molecular weight excluding hydrogens is 336 g/mol. The first kappa shape index (κ1) is 13.3. The first-order chi connectivity index (χ1) is 9.63. The van der Waals surface area contributed by atoms with E-state index in [0.29, 0.717) is 10.7 Å². The summed E-state index contributed by atoms with van der Waals surface area (Å²) in [5.74, 6) is -0.150. The smallest absolute Gasteiger partial charge is 0.257 e. The monoisotopic (exact) mass is 346 g/mol. The number of nitrogens with one attached hydrogen (secondary N) is 1. The summed E-state index contributed by atoms with van der Waals surface area (Å²) in [4.78, 5) is 16.6.